The fourth-order valence-electron chi connectivity index (χ4n) is 6.90. The number of hydrogen-bond donors (Lipinski definition) is 0. The van der Waals surface area contributed by atoms with Crippen molar-refractivity contribution in [1.29, 1.82) is 0 Å². The van der Waals surface area contributed by atoms with Gasteiger partial charge in [0.15, 0.2) is 0 Å². The molecule has 0 aromatic heterocycles. The van der Waals surface area contributed by atoms with Crippen molar-refractivity contribution in [2.75, 3.05) is 7.11 Å². The quantitative estimate of drug-likeness (QED) is 0.316. The number of hydrogen-bond acceptors (Lipinski definition) is 4. The minimum atomic E-state index is 0.00366. The van der Waals surface area contributed by atoms with E-state index in [9.17, 15) is 4.79 Å². The summed E-state index contributed by atoms with van der Waals surface area (Å²) >= 11 is 0. The Bertz CT molecular complexity index is 629. The van der Waals surface area contributed by atoms with Crippen molar-refractivity contribution in [3.8, 4) is 0 Å². The van der Waals surface area contributed by atoms with Crippen molar-refractivity contribution in [2.24, 2.45) is 39.7 Å². The zero-order valence-corrected chi connectivity index (χ0v) is 16.5. The Kier molecular flexibility index (Phi) is 4.44. The summed E-state index contributed by atoms with van der Waals surface area (Å²) in [5, 5.41) is 4.24. The summed E-state index contributed by atoms with van der Waals surface area (Å²) in [6, 6.07) is 0. The molecule has 3 aliphatic carbocycles. The summed E-state index contributed by atoms with van der Waals surface area (Å²) in [7, 11) is 1.62. The predicted octanol–water partition coefficient (Wildman–Crippen LogP) is 4.74. The van der Waals surface area contributed by atoms with Gasteiger partial charge in [0.05, 0.1) is 5.92 Å². The molecular weight excluding hydrogens is 326 g/mol. The van der Waals surface area contributed by atoms with Gasteiger partial charge in [0, 0.05) is 12.1 Å². The minimum Gasteiger partial charge on any atom is -0.462 e. The molecule has 2 bridgehead atoms. The SMILES string of the molecule is C=C1CC[C@H]2[C@H](/C=N/OC)[C@@H]([C@@]3(C)CCC4C[C@@H]3C(=O)O4)CCC[C@]12C. The van der Waals surface area contributed by atoms with Gasteiger partial charge < -0.3 is 9.57 Å². The first-order chi connectivity index (χ1) is 12.4. The zero-order chi connectivity index (χ0) is 18.5. The molecule has 26 heavy (non-hydrogen) atoms. The maximum absolute atomic E-state index is 12.6. The van der Waals surface area contributed by atoms with Crippen molar-refractivity contribution in [2.45, 2.75) is 71.3 Å². The highest BCUT2D eigenvalue weighted by atomic mass is 16.6. The number of rotatable bonds is 3. The molecule has 4 nitrogen and oxygen atoms in total. The third kappa shape index (κ3) is 2.55. The number of carbonyl (C=O) groups is 1. The van der Waals surface area contributed by atoms with Crippen LogP contribution in [0.2, 0.25) is 0 Å². The van der Waals surface area contributed by atoms with Gasteiger partial charge in [0.2, 0.25) is 0 Å². The van der Waals surface area contributed by atoms with E-state index >= 15 is 0 Å². The van der Waals surface area contributed by atoms with Crippen molar-refractivity contribution in [3.63, 3.8) is 0 Å². The lowest BCUT2D eigenvalue weighted by Gasteiger charge is -2.47. The van der Waals surface area contributed by atoms with Crippen LogP contribution >= 0.6 is 0 Å². The smallest absolute Gasteiger partial charge is 0.309 e. The van der Waals surface area contributed by atoms with Crippen LogP contribution in [0.5, 0.6) is 0 Å². The average Bonchev–Trinajstić information content (AvgIpc) is 3.04. The molecule has 1 saturated heterocycles. The second kappa shape index (κ2) is 6.38. The predicted molar refractivity (Wildman–Crippen MR) is 102 cm³/mol. The molecule has 3 saturated carbocycles. The van der Waals surface area contributed by atoms with Gasteiger partial charge in [-0.15, -0.1) is 0 Å². The lowest BCUT2D eigenvalue weighted by Crippen LogP contribution is -2.45. The number of esters is 1. The molecule has 0 spiro atoms. The van der Waals surface area contributed by atoms with Crippen molar-refractivity contribution in [3.05, 3.63) is 12.2 Å². The number of fused-ring (bicyclic) bond motifs is 3. The second-order valence-electron chi connectivity index (χ2n) is 9.57. The Morgan fingerprint density at radius 1 is 1.23 bits per heavy atom. The zero-order valence-electron chi connectivity index (χ0n) is 16.5. The summed E-state index contributed by atoms with van der Waals surface area (Å²) in [4.78, 5) is 17.7. The maximum Gasteiger partial charge on any atom is 0.309 e. The van der Waals surface area contributed by atoms with E-state index in [2.05, 4.69) is 31.8 Å². The number of allylic oxidation sites excluding steroid dienone is 1. The van der Waals surface area contributed by atoms with E-state index in [-0.39, 0.29) is 28.8 Å². The molecule has 1 heterocycles. The topological polar surface area (TPSA) is 47.9 Å². The lowest BCUT2D eigenvalue weighted by atomic mass is 9.55. The first-order valence-corrected chi connectivity index (χ1v) is 10.4. The van der Waals surface area contributed by atoms with E-state index in [0.717, 1.165) is 32.1 Å². The Balaban J connectivity index is 1.73. The standard InChI is InChI=1S/C22H33NO3/c1-14-7-8-18-16(13-23-25-4)17(6-5-10-21(14,18)2)22(3)11-9-15-12-19(22)20(24)26-15/h13,15-19H,1,5-12H2,2-4H3/b23-13+/t15?,16-,17+,18+,19-,21-,22-/m1/s1. The number of nitrogens with zero attached hydrogens (tertiary/aromatic N) is 1. The van der Waals surface area contributed by atoms with Gasteiger partial charge in [-0.1, -0.05) is 37.6 Å². The molecular formula is C22H33NO3. The minimum absolute atomic E-state index is 0.00366. The second-order valence-corrected chi connectivity index (χ2v) is 9.57. The molecule has 0 radical (unpaired) electrons. The number of carbonyl (C=O) groups excluding carboxylic acids is 1. The van der Waals surface area contributed by atoms with Crippen LogP contribution in [-0.4, -0.2) is 25.4 Å². The molecule has 0 aromatic carbocycles. The van der Waals surface area contributed by atoms with Crippen molar-refractivity contribution < 1.29 is 14.4 Å². The highest BCUT2D eigenvalue weighted by Crippen LogP contribution is 2.62. The number of oxime groups is 1. The van der Waals surface area contributed by atoms with Crippen LogP contribution in [0.1, 0.15) is 65.2 Å². The summed E-state index contributed by atoms with van der Waals surface area (Å²) in [5.41, 5.74) is 1.61. The molecule has 4 rings (SSSR count). The van der Waals surface area contributed by atoms with Crippen LogP contribution in [0.3, 0.4) is 0 Å². The van der Waals surface area contributed by atoms with Crippen LogP contribution in [-0.2, 0) is 14.4 Å². The van der Waals surface area contributed by atoms with Gasteiger partial charge in [0.25, 0.3) is 0 Å². The van der Waals surface area contributed by atoms with E-state index in [0.29, 0.717) is 17.8 Å². The van der Waals surface area contributed by atoms with Crippen LogP contribution in [0.25, 0.3) is 0 Å². The van der Waals surface area contributed by atoms with Crippen molar-refractivity contribution in [1.82, 2.24) is 0 Å². The van der Waals surface area contributed by atoms with Gasteiger partial charge >= 0.3 is 5.97 Å². The molecule has 0 N–H and O–H groups in total. The van der Waals surface area contributed by atoms with E-state index in [4.69, 9.17) is 9.57 Å². The van der Waals surface area contributed by atoms with Gasteiger partial charge in [-0.3, -0.25) is 4.79 Å². The van der Waals surface area contributed by atoms with Gasteiger partial charge in [-0.05, 0) is 67.6 Å². The monoisotopic (exact) mass is 359 g/mol. The molecule has 0 aromatic rings. The molecule has 1 unspecified atom stereocenters. The van der Waals surface area contributed by atoms with Gasteiger partial charge in [0.1, 0.15) is 13.2 Å². The summed E-state index contributed by atoms with van der Waals surface area (Å²) in [6.45, 7) is 9.18. The van der Waals surface area contributed by atoms with Crippen LogP contribution < -0.4 is 0 Å². The maximum atomic E-state index is 12.6. The molecule has 144 valence electrons. The van der Waals surface area contributed by atoms with E-state index in [1.54, 1.807) is 7.11 Å². The molecule has 4 heteroatoms. The molecule has 1 aliphatic heterocycles. The Labute approximate surface area is 157 Å². The van der Waals surface area contributed by atoms with E-state index in [1.807, 2.05) is 0 Å². The first-order valence-electron chi connectivity index (χ1n) is 10.4. The Hall–Kier alpha value is -1.32. The lowest BCUT2D eigenvalue weighted by molar-refractivity contribution is -0.146. The first kappa shape index (κ1) is 18.1. The normalized spacial score (nSPS) is 48.3. The molecule has 7 atom stereocenters. The highest BCUT2D eigenvalue weighted by Gasteiger charge is 2.58. The Morgan fingerprint density at radius 3 is 2.81 bits per heavy atom. The highest BCUT2D eigenvalue weighted by molar-refractivity contribution is 5.76. The summed E-state index contributed by atoms with van der Waals surface area (Å²) in [5.74, 6) is 1.44. The van der Waals surface area contributed by atoms with E-state index < -0.39 is 0 Å². The van der Waals surface area contributed by atoms with Gasteiger partial charge in [-0.25, -0.2) is 0 Å². The summed E-state index contributed by atoms with van der Waals surface area (Å²) < 4.78 is 5.63. The van der Waals surface area contributed by atoms with E-state index in [1.165, 1.54) is 24.8 Å². The summed E-state index contributed by atoms with van der Waals surface area (Å²) in [6.07, 6.45) is 11.1. The molecule has 4 aliphatic rings. The third-order valence-electron chi connectivity index (χ3n) is 8.58. The van der Waals surface area contributed by atoms with Gasteiger partial charge in [-0.2, -0.15) is 0 Å². The molecule has 4 fully saturated rings. The van der Waals surface area contributed by atoms with Crippen LogP contribution in [0.15, 0.2) is 17.3 Å². The fourth-order valence-corrected chi connectivity index (χ4v) is 6.90. The van der Waals surface area contributed by atoms with Crippen LogP contribution in [0, 0.1) is 34.5 Å². The fraction of sp³-hybridized carbons (Fsp3) is 0.818. The van der Waals surface area contributed by atoms with Crippen LogP contribution in [0.4, 0.5) is 0 Å². The largest absolute Gasteiger partial charge is 0.462 e. The third-order valence-corrected chi connectivity index (χ3v) is 8.58. The van der Waals surface area contributed by atoms with Crippen molar-refractivity contribution >= 4 is 12.2 Å². The average molecular weight is 360 g/mol. The number of ether oxygens (including phenoxy) is 1. The Morgan fingerprint density at radius 2 is 2.04 bits per heavy atom. The molecule has 0 amide bonds.